The molecule has 1 aromatic carbocycles. The first kappa shape index (κ1) is 32.7. The molecule has 0 bridgehead atoms. The number of hydrogen-bond acceptors (Lipinski definition) is 7. The third kappa shape index (κ3) is 8.74. The van der Waals surface area contributed by atoms with Crippen LogP contribution in [0, 0.1) is 12.8 Å². The van der Waals surface area contributed by atoms with Gasteiger partial charge in [-0.2, -0.15) is 0 Å². The fourth-order valence-electron chi connectivity index (χ4n) is 4.50. The number of nitrogens with one attached hydrogen (secondary N) is 2. The number of hydrogen-bond donors (Lipinski definition) is 3. The van der Waals surface area contributed by atoms with Gasteiger partial charge in [0.25, 0.3) is 0 Å². The highest BCUT2D eigenvalue weighted by Gasteiger charge is 2.39. The normalized spacial score (nSPS) is 16.4. The van der Waals surface area contributed by atoms with Crippen molar-refractivity contribution in [1.82, 2.24) is 25.5 Å². The summed E-state index contributed by atoms with van der Waals surface area (Å²) in [6.45, 7) is 14.9. The second-order valence-corrected chi connectivity index (χ2v) is 10.9. The summed E-state index contributed by atoms with van der Waals surface area (Å²) < 4.78 is 5.33. The maximum Gasteiger partial charge on any atom is 0.408 e. The van der Waals surface area contributed by atoms with Crippen molar-refractivity contribution >= 4 is 17.9 Å². The first-order valence-electron chi connectivity index (χ1n) is 14.0. The average molecular weight is 556 g/mol. The molecule has 3 rings (SSSR count). The Hall–Kier alpha value is -3.53. The van der Waals surface area contributed by atoms with E-state index >= 15 is 0 Å². The number of benzene rings is 1. The predicted octanol–water partition coefficient (Wildman–Crippen LogP) is 4.17. The molecule has 0 saturated carbocycles. The summed E-state index contributed by atoms with van der Waals surface area (Å²) in [6, 6.07) is 5.26. The number of rotatable bonds is 8. The van der Waals surface area contributed by atoms with E-state index in [1.807, 2.05) is 58.9 Å². The number of ether oxygens (including phenoxy) is 1. The van der Waals surface area contributed by atoms with E-state index < -0.39 is 29.8 Å². The Kier molecular flexibility index (Phi) is 12.0. The molecule has 10 nitrogen and oxygen atoms in total. The van der Waals surface area contributed by atoms with E-state index in [1.54, 1.807) is 33.2 Å². The van der Waals surface area contributed by atoms with Crippen molar-refractivity contribution in [2.45, 2.75) is 92.0 Å². The molecule has 1 aromatic heterocycles. The van der Waals surface area contributed by atoms with Gasteiger partial charge in [-0.15, -0.1) is 0 Å². The summed E-state index contributed by atoms with van der Waals surface area (Å²) in [5.74, 6) is -0.878. The molecular formula is C30H45N5O5. The van der Waals surface area contributed by atoms with Crippen molar-refractivity contribution in [3.63, 3.8) is 0 Å². The van der Waals surface area contributed by atoms with Gasteiger partial charge in [0, 0.05) is 24.5 Å². The molecule has 2 aromatic rings. The lowest BCUT2D eigenvalue weighted by atomic mass is 10.0. The van der Waals surface area contributed by atoms with Gasteiger partial charge in [-0.3, -0.25) is 19.6 Å². The van der Waals surface area contributed by atoms with Crippen molar-refractivity contribution in [1.29, 1.82) is 0 Å². The van der Waals surface area contributed by atoms with Crippen molar-refractivity contribution < 1.29 is 24.2 Å². The number of aromatic nitrogens is 2. The van der Waals surface area contributed by atoms with Crippen LogP contribution in [-0.2, 0) is 14.3 Å². The number of amides is 3. The Balaban J connectivity index is 0.00000274. The van der Waals surface area contributed by atoms with Crippen molar-refractivity contribution in [2.75, 3.05) is 13.2 Å². The van der Waals surface area contributed by atoms with Gasteiger partial charge in [-0.1, -0.05) is 52.0 Å². The number of carbonyl (C=O) groups excluding carboxylic acids is 3. The van der Waals surface area contributed by atoms with Gasteiger partial charge in [0.1, 0.15) is 17.7 Å². The number of alkyl carbamates (subject to hydrolysis) is 1. The molecule has 1 saturated heterocycles. The molecule has 1 fully saturated rings. The highest BCUT2D eigenvalue weighted by atomic mass is 16.6. The Morgan fingerprint density at radius 2 is 1.70 bits per heavy atom. The molecule has 0 radical (unpaired) electrons. The van der Waals surface area contributed by atoms with E-state index in [9.17, 15) is 19.5 Å². The Morgan fingerprint density at radius 1 is 1.07 bits per heavy atom. The first-order chi connectivity index (χ1) is 18.9. The van der Waals surface area contributed by atoms with Crippen molar-refractivity contribution in [3.05, 3.63) is 47.9 Å². The third-order valence-electron chi connectivity index (χ3n) is 6.41. The molecule has 1 aliphatic rings. The quantitative estimate of drug-likeness (QED) is 0.445. The molecule has 3 amide bonds. The number of aliphatic hydroxyl groups is 1. The van der Waals surface area contributed by atoms with Gasteiger partial charge in [0.15, 0.2) is 0 Å². The van der Waals surface area contributed by atoms with E-state index in [2.05, 4.69) is 20.6 Å². The van der Waals surface area contributed by atoms with Crippen LogP contribution < -0.4 is 10.6 Å². The minimum absolute atomic E-state index is 0.207. The summed E-state index contributed by atoms with van der Waals surface area (Å²) in [6.07, 6.45) is 3.76. The standard InChI is InChI=1S/C28H39N5O5.C2H6/c1-17(2)23(32-27(37)38-28(4,5)6)26(36)33-15-7-8-22(33)25(35)31-21(16-34)19-9-11-20(12-10-19)24-18(3)29-13-14-30-24;1-2/h9-14,17,21-23,34H,7-8,15-16H2,1-6H3,(H,31,35)(H,32,37);1-2H3. The lowest BCUT2D eigenvalue weighted by molar-refractivity contribution is -0.141. The molecule has 3 atom stereocenters. The van der Waals surface area contributed by atoms with Crippen LogP contribution in [0.2, 0.25) is 0 Å². The number of likely N-dealkylation sites (tertiary alicyclic amines) is 1. The number of aryl methyl sites for hydroxylation is 1. The second kappa shape index (κ2) is 14.7. The van der Waals surface area contributed by atoms with E-state index in [-0.39, 0.29) is 24.3 Å². The molecule has 10 heteroatoms. The van der Waals surface area contributed by atoms with Gasteiger partial charge in [0.05, 0.1) is 24.0 Å². The average Bonchev–Trinajstić information content (AvgIpc) is 3.41. The second-order valence-electron chi connectivity index (χ2n) is 10.9. The van der Waals surface area contributed by atoms with Gasteiger partial charge in [-0.25, -0.2) is 4.79 Å². The lowest BCUT2D eigenvalue weighted by Crippen LogP contribution is -2.56. The zero-order valence-electron chi connectivity index (χ0n) is 25.0. The largest absolute Gasteiger partial charge is 0.444 e. The van der Waals surface area contributed by atoms with Gasteiger partial charge < -0.3 is 25.4 Å². The highest BCUT2D eigenvalue weighted by molar-refractivity contribution is 5.92. The van der Waals surface area contributed by atoms with Crippen LogP contribution in [0.4, 0.5) is 4.79 Å². The molecule has 1 aliphatic heterocycles. The van der Waals surface area contributed by atoms with E-state index in [0.717, 1.165) is 22.5 Å². The maximum absolute atomic E-state index is 13.4. The van der Waals surface area contributed by atoms with Crippen LogP contribution in [0.5, 0.6) is 0 Å². The Morgan fingerprint density at radius 3 is 2.25 bits per heavy atom. The highest BCUT2D eigenvalue weighted by Crippen LogP contribution is 2.24. The Bertz CT molecular complexity index is 1130. The monoisotopic (exact) mass is 555 g/mol. The van der Waals surface area contributed by atoms with Crippen LogP contribution in [0.25, 0.3) is 11.3 Å². The summed E-state index contributed by atoms with van der Waals surface area (Å²) in [5.41, 5.74) is 2.48. The molecule has 220 valence electrons. The summed E-state index contributed by atoms with van der Waals surface area (Å²) >= 11 is 0. The molecule has 2 heterocycles. The molecular weight excluding hydrogens is 510 g/mol. The van der Waals surface area contributed by atoms with E-state index in [1.165, 1.54) is 4.90 Å². The van der Waals surface area contributed by atoms with E-state index in [0.29, 0.717) is 19.4 Å². The fourth-order valence-corrected chi connectivity index (χ4v) is 4.50. The van der Waals surface area contributed by atoms with Crippen LogP contribution in [-0.4, -0.2) is 68.7 Å². The topological polar surface area (TPSA) is 134 Å². The zero-order valence-corrected chi connectivity index (χ0v) is 25.0. The number of carbonyl (C=O) groups is 3. The number of aliphatic hydroxyl groups excluding tert-OH is 1. The molecule has 3 unspecified atom stereocenters. The minimum atomic E-state index is -0.830. The lowest BCUT2D eigenvalue weighted by Gasteiger charge is -2.31. The smallest absolute Gasteiger partial charge is 0.408 e. The summed E-state index contributed by atoms with van der Waals surface area (Å²) in [7, 11) is 0. The van der Waals surface area contributed by atoms with Crippen LogP contribution in [0.3, 0.4) is 0 Å². The third-order valence-corrected chi connectivity index (χ3v) is 6.41. The predicted molar refractivity (Wildman–Crippen MR) is 154 cm³/mol. The van der Waals surface area contributed by atoms with Crippen LogP contribution in [0.15, 0.2) is 36.7 Å². The van der Waals surface area contributed by atoms with Gasteiger partial charge >= 0.3 is 6.09 Å². The SMILES string of the molecule is CC.Cc1nccnc1-c1ccc(C(CO)NC(=O)C2CCCN2C(=O)C(NC(=O)OC(C)(C)C)C(C)C)cc1. The van der Waals surface area contributed by atoms with Crippen LogP contribution >= 0.6 is 0 Å². The Labute approximate surface area is 237 Å². The maximum atomic E-state index is 13.4. The van der Waals surface area contributed by atoms with Crippen molar-refractivity contribution in [2.24, 2.45) is 5.92 Å². The first-order valence-corrected chi connectivity index (χ1v) is 14.0. The molecule has 3 N–H and O–H groups in total. The summed E-state index contributed by atoms with van der Waals surface area (Å²) in [5, 5.41) is 15.6. The zero-order chi connectivity index (χ0) is 30.0. The van der Waals surface area contributed by atoms with Gasteiger partial charge in [-0.05, 0) is 52.0 Å². The molecule has 40 heavy (non-hydrogen) atoms. The molecule has 0 spiro atoms. The van der Waals surface area contributed by atoms with Crippen LogP contribution in [0.1, 0.15) is 78.6 Å². The fraction of sp³-hybridized carbons (Fsp3) is 0.567. The van der Waals surface area contributed by atoms with E-state index in [4.69, 9.17) is 4.74 Å². The number of nitrogens with zero attached hydrogens (tertiary/aromatic N) is 3. The minimum Gasteiger partial charge on any atom is -0.444 e. The van der Waals surface area contributed by atoms with Gasteiger partial charge in [0.2, 0.25) is 11.8 Å². The molecule has 0 aliphatic carbocycles. The summed E-state index contributed by atoms with van der Waals surface area (Å²) in [4.78, 5) is 49.3. The van der Waals surface area contributed by atoms with Crippen molar-refractivity contribution in [3.8, 4) is 11.3 Å².